The lowest BCUT2D eigenvalue weighted by Crippen LogP contribution is -2.56. The highest BCUT2D eigenvalue weighted by Crippen LogP contribution is 2.34. The van der Waals surface area contributed by atoms with E-state index in [1.807, 2.05) is 18.2 Å². The number of benzene rings is 1. The largest absolute Gasteiger partial charge is 0.497 e. The fraction of sp³-hybridized carbons (Fsp3) is 0.571. The average molecular weight is 235 g/mol. The third-order valence-electron chi connectivity index (χ3n) is 3.74. The van der Waals surface area contributed by atoms with Crippen LogP contribution in [0.2, 0.25) is 0 Å². The minimum Gasteiger partial charge on any atom is -0.497 e. The van der Waals surface area contributed by atoms with Crippen molar-refractivity contribution in [3.63, 3.8) is 0 Å². The van der Waals surface area contributed by atoms with E-state index < -0.39 is 0 Å². The highest BCUT2D eigenvalue weighted by atomic mass is 16.5. The number of aliphatic hydroxyl groups excluding tert-OH is 1. The van der Waals surface area contributed by atoms with Crippen LogP contribution in [0.15, 0.2) is 24.3 Å². The lowest BCUT2D eigenvalue weighted by atomic mass is 9.87. The standard InChI is InChI=1S/C14H21NO2/c1-14(2)13(16)8-5-9-15(14)11-6-4-7-12(10-11)17-3/h4,6-7,10,13,16H,5,8-9H2,1-3H3. The molecule has 1 aliphatic rings. The normalized spacial score (nSPS) is 23.5. The molecular weight excluding hydrogens is 214 g/mol. The van der Waals surface area contributed by atoms with Crippen molar-refractivity contribution in [1.29, 1.82) is 0 Å². The second-order valence-electron chi connectivity index (χ2n) is 5.16. The van der Waals surface area contributed by atoms with E-state index in [9.17, 15) is 5.11 Å². The Kier molecular flexibility index (Phi) is 3.29. The predicted octanol–water partition coefficient (Wildman–Crippen LogP) is 2.43. The Bertz CT molecular complexity index is 390. The molecule has 3 heteroatoms. The van der Waals surface area contributed by atoms with Crippen LogP contribution in [0.1, 0.15) is 26.7 Å². The number of ether oxygens (including phenoxy) is 1. The number of aliphatic hydroxyl groups is 1. The molecule has 1 aliphatic heterocycles. The summed E-state index contributed by atoms with van der Waals surface area (Å²) in [6, 6.07) is 8.03. The lowest BCUT2D eigenvalue weighted by Gasteiger charge is -2.47. The molecule has 1 heterocycles. The molecule has 1 fully saturated rings. The quantitative estimate of drug-likeness (QED) is 0.854. The molecule has 3 nitrogen and oxygen atoms in total. The molecule has 1 aromatic rings. The van der Waals surface area contributed by atoms with Gasteiger partial charge in [-0.3, -0.25) is 0 Å². The maximum atomic E-state index is 10.1. The molecule has 0 amide bonds. The van der Waals surface area contributed by atoms with E-state index >= 15 is 0 Å². The maximum absolute atomic E-state index is 10.1. The van der Waals surface area contributed by atoms with Gasteiger partial charge in [-0.25, -0.2) is 0 Å². The number of rotatable bonds is 2. The summed E-state index contributed by atoms with van der Waals surface area (Å²) in [4.78, 5) is 2.27. The molecule has 0 aromatic heterocycles. The van der Waals surface area contributed by atoms with E-state index in [0.717, 1.165) is 30.8 Å². The number of piperidine rings is 1. The molecule has 0 aliphatic carbocycles. The number of methoxy groups -OCH3 is 1. The maximum Gasteiger partial charge on any atom is 0.120 e. The van der Waals surface area contributed by atoms with Gasteiger partial charge in [-0.05, 0) is 38.8 Å². The van der Waals surface area contributed by atoms with E-state index in [-0.39, 0.29) is 11.6 Å². The molecule has 0 spiro atoms. The van der Waals surface area contributed by atoms with Crippen LogP contribution in [0.25, 0.3) is 0 Å². The van der Waals surface area contributed by atoms with Gasteiger partial charge < -0.3 is 14.7 Å². The van der Waals surface area contributed by atoms with Gasteiger partial charge in [0.25, 0.3) is 0 Å². The summed E-state index contributed by atoms with van der Waals surface area (Å²) in [6.07, 6.45) is 1.64. The van der Waals surface area contributed by atoms with Crippen molar-refractivity contribution in [1.82, 2.24) is 0 Å². The monoisotopic (exact) mass is 235 g/mol. The van der Waals surface area contributed by atoms with Crippen molar-refractivity contribution in [2.45, 2.75) is 38.3 Å². The molecule has 17 heavy (non-hydrogen) atoms. The molecule has 2 rings (SSSR count). The highest BCUT2D eigenvalue weighted by molar-refractivity contribution is 5.53. The fourth-order valence-corrected chi connectivity index (χ4v) is 2.50. The summed E-state index contributed by atoms with van der Waals surface area (Å²) in [7, 11) is 1.68. The van der Waals surface area contributed by atoms with E-state index in [4.69, 9.17) is 4.74 Å². The first-order chi connectivity index (χ1) is 8.05. The molecule has 1 atom stereocenters. The summed E-state index contributed by atoms with van der Waals surface area (Å²) in [5.41, 5.74) is 0.901. The van der Waals surface area contributed by atoms with E-state index in [1.165, 1.54) is 0 Å². The van der Waals surface area contributed by atoms with Crippen molar-refractivity contribution in [3.05, 3.63) is 24.3 Å². The smallest absolute Gasteiger partial charge is 0.120 e. The van der Waals surface area contributed by atoms with Crippen LogP contribution in [-0.4, -0.2) is 30.4 Å². The molecule has 0 radical (unpaired) electrons. The first kappa shape index (κ1) is 12.2. The van der Waals surface area contributed by atoms with Crippen LogP contribution in [0, 0.1) is 0 Å². The van der Waals surface area contributed by atoms with E-state index in [0.29, 0.717) is 0 Å². The zero-order valence-electron chi connectivity index (χ0n) is 10.8. The third kappa shape index (κ3) is 2.25. The summed E-state index contributed by atoms with van der Waals surface area (Å²) in [5, 5.41) is 10.1. The minimum atomic E-state index is -0.276. The number of nitrogens with zero attached hydrogens (tertiary/aromatic N) is 1. The molecule has 0 bridgehead atoms. The number of hydrogen-bond acceptors (Lipinski definition) is 3. The van der Waals surface area contributed by atoms with Gasteiger partial charge >= 0.3 is 0 Å². The van der Waals surface area contributed by atoms with Crippen molar-refractivity contribution >= 4 is 5.69 Å². The Balaban J connectivity index is 2.31. The molecule has 0 saturated carbocycles. The van der Waals surface area contributed by atoms with Crippen LogP contribution in [0.4, 0.5) is 5.69 Å². The second-order valence-corrected chi connectivity index (χ2v) is 5.16. The van der Waals surface area contributed by atoms with Crippen LogP contribution < -0.4 is 9.64 Å². The Morgan fingerprint density at radius 3 is 2.88 bits per heavy atom. The predicted molar refractivity (Wildman–Crippen MR) is 69.7 cm³/mol. The van der Waals surface area contributed by atoms with Crippen LogP contribution in [0.5, 0.6) is 5.75 Å². The molecule has 94 valence electrons. The highest BCUT2D eigenvalue weighted by Gasteiger charge is 2.37. The molecule has 1 aromatic carbocycles. The Labute approximate surface area is 103 Å². The first-order valence-corrected chi connectivity index (χ1v) is 6.15. The molecular formula is C14H21NO2. The zero-order chi connectivity index (χ0) is 12.5. The van der Waals surface area contributed by atoms with Gasteiger partial charge in [-0.15, -0.1) is 0 Å². The fourth-order valence-electron chi connectivity index (χ4n) is 2.50. The van der Waals surface area contributed by atoms with Crippen LogP contribution in [0.3, 0.4) is 0 Å². The van der Waals surface area contributed by atoms with Crippen LogP contribution in [-0.2, 0) is 0 Å². The Morgan fingerprint density at radius 1 is 1.41 bits per heavy atom. The van der Waals surface area contributed by atoms with E-state index in [1.54, 1.807) is 7.11 Å². The summed E-state index contributed by atoms with van der Waals surface area (Å²) in [6.45, 7) is 5.17. The van der Waals surface area contributed by atoms with Gasteiger partial charge in [0.15, 0.2) is 0 Å². The van der Waals surface area contributed by atoms with E-state index in [2.05, 4.69) is 24.8 Å². The second kappa shape index (κ2) is 4.57. The lowest BCUT2D eigenvalue weighted by molar-refractivity contribution is 0.0711. The molecule has 1 unspecified atom stereocenters. The summed E-state index contributed by atoms with van der Waals surface area (Å²) in [5.74, 6) is 0.860. The molecule has 1 saturated heterocycles. The summed E-state index contributed by atoms with van der Waals surface area (Å²) >= 11 is 0. The van der Waals surface area contributed by atoms with Crippen molar-refractivity contribution in [2.24, 2.45) is 0 Å². The van der Waals surface area contributed by atoms with Gasteiger partial charge in [0.2, 0.25) is 0 Å². The van der Waals surface area contributed by atoms with Crippen molar-refractivity contribution in [3.8, 4) is 5.75 Å². The SMILES string of the molecule is COc1cccc(N2CCCC(O)C2(C)C)c1. The van der Waals surface area contributed by atoms with Crippen LogP contribution >= 0.6 is 0 Å². The molecule has 1 N–H and O–H groups in total. The Hall–Kier alpha value is -1.22. The van der Waals surface area contributed by atoms with Gasteiger partial charge in [0.05, 0.1) is 18.8 Å². The van der Waals surface area contributed by atoms with Crippen molar-refractivity contribution in [2.75, 3.05) is 18.6 Å². The topological polar surface area (TPSA) is 32.7 Å². The Morgan fingerprint density at radius 2 is 2.18 bits per heavy atom. The summed E-state index contributed by atoms with van der Waals surface area (Å²) < 4.78 is 5.25. The van der Waals surface area contributed by atoms with Gasteiger partial charge in [0, 0.05) is 18.3 Å². The van der Waals surface area contributed by atoms with Gasteiger partial charge in [-0.1, -0.05) is 6.07 Å². The van der Waals surface area contributed by atoms with Gasteiger partial charge in [0.1, 0.15) is 5.75 Å². The zero-order valence-corrected chi connectivity index (χ0v) is 10.8. The minimum absolute atomic E-state index is 0.218. The van der Waals surface area contributed by atoms with Crippen molar-refractivity contribution < 1.29 is 9.84 Å². The average Bonchev–Trinajstić information content (AvgIpc) is 2.32. The third-order valence-corrected chi connectivity index (χ3v) is 3.74. The first-order valence-electron chi connectivity index (χ1n) is 6.15. The number of anilines is 1. The number of hydrogen-bond donors (Lipinski definition) is 1. The van der Waals surface area contributed by atoms with Gasteiger partial charge in [-0.2, -0.15) is 0 Å².